The van der Waals surface area contributed by atoms with E-state index in [4.69, 9.17) is 4.74 Å². The minimum absolute atomic E-state index is 0.355. The molecule has 132 valence electrons. The zero-order valence-electron chi connectivity index (χ0n) is 14.7. The molecule has 1 aliphatic rings. The third kappa shape index (κ3) is 3.76. The van der Waals surface area contributed by atoms with Crippen LogP contribution in [0.25, 0.3) is 0 Å². The summed E-state index contributed by atoms with van der Waals surface area (Å²) in [6.45, 7) is 9.68. The number of rotatable bonds is 0. The molecule has 0 aliphatic carbocycles. The highest BCUT2D eigenvalue weighted by molar-refractivity contribution is 9.10. The van der Waals surface area contributed by atoms with Crippen molar-refractivity contribution in [3.8, 4) is 0 Å². The van der Waals surface area contributed by atoms with Crippen LogP contribution in [0.4, 0.5) is 16.2 Å². The smallest absolute Gasteiger partial charge is 0.419 e. The topological polar surface area (TPSA) is 29.5 Å². The van der Waals surface area contributed by atoms with Crippen LogP contribution in [0.1, 0.15) is 31.9 Å². The molecule has 3 rings (SSSR count). The van der Waals surface area contributed by atoms with Crippen LogP contribution >= 0.6 is 43.6 Å². The summed E-state index contributed by atoms with van der Waals surface area (Å²) < 4.78 is 7.71. The maximum absolute atomic E-state index is 13.1. The Balaban J connectivity index is 2.24. The van der Waals surface area contributed by atoms with Crippen LogP contribution in [0.3, 0.4) is 0 Å². The van der Waals surface area contributed by atoms with Crippen molar-refractivity contribution in [2.45, 2.75) is 50.0 Å². The largest absolute Gasteiger partial charge is 0.443 e. The fourth-order valence-electron chi connectivity index (χ4n) is 2.86. The number of halogens is 2. The summed E-state index contributed by atoms with van der Waals surface area (Å²) in [6.07, 6.45) is -0.355. The number of hydrogen-bond donors (Lipinski definition) is 0. The SMILES string of the molecule is Cc1cc(Br)cc2c1N(C(=O)OC(C)(C)C)c1c(C)cc(Br)cc1S2. The van der Waals surface area contributed by atoms with Crippen molar-refractivity contribution in [2.75, 3.05) is 4.90 Å². The van der Waals surface area contributed by atoms with E-state index >= 15 is 0 Å². The van der Waals surface area contributed by atoms with Gasteiger partial charge in [0.1, 0.15) is 5.60 Å². The van der Waals surface area contributed by atoms with Crippen LogP contribution in [-0.2, 0) is 4.74 Å². The number of carbonyl (C=O) groups is 1. The Morgan fingerprint density at radius 3 is 1.80 bits per heavy atom. The molecule has 1 amide bonds. The van der Waals surface area contributed by atoms with Gasteiger partial charge < -0.3 is 4.74 Å². The minimum atomic E-state index is -0.561. The Morgan fingerprint density at radius 1 is 0.960 bits per heavy atom. The molecule has 0 saturated heterocycles. The molecule has 0 saturated carbocycles. The molecular weight excluding hydrogens is 466 g/mol. The van der Waals surface area contributed by atoms with Gasteiger partial charge in [0.2, 0.25) is 0 Å². The second kappa shape index (κ2) is 6.63. The first kappa shape index (κ1) is 18.8. The van der Waals surface area contributed by atoms with Gasteiger partial charge in [0.15, 0.2) is 0 Å². The Kier molecular flexibility index (Phi) is 4.99. The lowest BCUT2D eigenvalue weighted by molar-refractivity contribution is 0.0597. The van der Waals surface area contributed by atoms with Crippen LogP contribution in [0.5, 0.6) is 0 Å². The first-order valence-electron chi connectivity index (χ1n) is 7.88. The summed E-state index contributed by atoms with van der Waals surface area (Å²) in [7, 11) is 0. The van der Waals surface area contributed by atoms with Crippen molar-refractivity contribution in [3.63, 3.8) is 0 Å². The number of hydrogen-bond acceptors (Lipinski definition) is 3. The maximum Gasteiger partial charge on any atom is 0.419 e. The lowest BCUT2D eigenvalue weighted by Gasteiger charge is -2.35. The van der Waals surface area contributed by atoms with Crippen LogP contribution in [0.2, 0.25) is 0 Å². The summed E-state index contributed by atoms with van der Waals surface area (Å²) in [6, 6.07) is 8.14. The molecule has 0 radical (unpaired) electrons. The fourth-order valence-corrected chi connectivity index (χ4v) is 5.61. The Hall–Kier alpha value is -0.980. The van der Waals surface area contributed by atoms with Gasteiger partial charge in [-0.05, 0) is 70.0 Å². The summed E-state index contributed by atoms with van der Waals surface area (Å²) in [5.41, 5.74) is 3.27. The molecule has 0 spiro atoms. The van der Waals surface area contributed by atoms with Crippen molar-refractivity contribution in [3.05, 3.63) is 44.3 Å². The van der Waals surface area contributed by atoms with Gasteiger partial charge in [-0.3, -0.25) is 0 Å². The lowest BCUT2D eigenvalue weighted by atomic mass is 10.1. The highest BCUT2D eigenvalue weighted by atomic mass is 79.9. The minimum Gasteiger partial charge on any atom is -0.443 e. The summed E-state index contributed by atoms with van der Waals surface area (Å²) in [5.74, 6) is 0. The molecule has 25 heavy (non-hydrogen) atoms. The standard InChI is InChI=1S/C19H19Br2NO2S/c1-10-6-12(20)8-14-16(10)22(18(23)24-19(3,4)5)17-11(2)7-13(21)9-15(17)25-14/h6-9H,1-5H3. The molecule has 1 aliphatic heterocycles. The molecule has 0 fully saturated rings. The second-order valence-corrected chi connectivity index (χ2v) is 9.97. The van der Waals surface area contributed by atoms with Gasteiger partial charge in [-0.15, -0.1) is 0 Å². The van der Waals surface area contributed by atoms with Gasteiger partial charge in [-0.25, -0.2) is 9.69 Å². The predicted octanol–water partition coefficient (Wildman–Crippen LogP) is 7.37. The zero-order chi connectivity index (χ0) is 18.5. The number of nitrogens with zero attached hydrogens (tertiary/aromatic N) is 1. The maximum atomic E-state index is 13.1. The van der Waals surface area contributed by atoms with E-state index in [1.165, 1.54) is 0 Å². The van der Waals surface area contributed by atoms with Gasteiger partial charge in [-0.2, -0.15) is 0 Å². The van der Waals surface area contributed by atoms with Crippen LogP contribution in [0.15, 0.2) is 43.0 Å². The highest BCUT2D eigenvalue weighted by Gasteiger charge is 2.34. The molecule has 0 atom stereocenters. The average Bonchev–Trinajstić information content (AvgIpc) is 2.42. The van der Waals surface area contributed by atoms with Crippen LogP contribution in [-0.4, -0.2) is 11.7 Å². The Labute approximate surface area is 169 Å². The van der Waals surface area contributed by atoms with Gasteiger partial charge in [0, 0.05) is 18.7 Å². The number of fused-ring (bicyclic) bond motifs is 2. The van der Waals surface area contributed by atoms with Crippen molar-refractivity contribution in [1.82, 2.24) is 0 Å². The molecule has 0 aromatic heterocycles. The molecule has 0 N–H and O–H groups in total. The molecule has 6 heteroatoms. The molecule has 3 nitrogen and oxygen atoms in total. The van der Waals surface area contributed by atoms with Crippen molar-refractivity contribution in [1.29, 1.82) is 0 Å². The van der Waals surface area contributed by atoms with Crippen molar-refractivity contribution in [2.24, 2.45) is 0 Å². The second-order valence-electron chi connectivity index (χ2n) is 7.06. The van der Waals surface area contributed by atoms with E-state index < -0.39 is 5.60 Å². The number of carbonyl (C=O) groups excluding carboxylic acids is 1. The number of amides is 1. The van der Waals surface area contributed by atoms with Gasteiger partial charge in [-0.1, -0.05) is 43.6 Å². The summed E-state index contributed by atoms with van der Waals surface area (Å²) in [5, 5.41) is 0. The molecule has 2 aromatic rings. The zero-order valence-corrected chi connectivity index (χ0v) is 18.7. The molecule has 0 bridgehead atoms. The van der Waals surface area contributed by atoms with E-state index in [0.717, 1.165) is 41.2 Å². The predicted molar refractivity (Wildman–Crippen MR) is 110 cm³/mol. The summed E-state index contributed by atoms with van der Waals surface area (Å²) in [4.78, 5) is 16.9. The molecule has 0 unspecified atom stereocenters. The van der Waals surface area contributed by atoms with Crippen molar-refractivity contribution >= 4 is 61.1 Å². The Morgan fingerprint density at radius 2 is 1.40 bits per heavy atom. The van der Waals surface area contributed by atoms with E-state index in [1.807, 2.05) is 58.9 Å². The number of anilines is 2. The van der Waals surface area contributed by atoms with Crippen molar-refractivity contribution < 1.29 is 9.53 Å². The molecular formula is C19H19Br2NO2S. The van der Waals surface area contributed by atoms with E-state index in [1.54, 1.807) is 16.7 Å². The normalized spacial score (nSPS) is 13.3. The quantitative estimate of drug-likeness (QED) is 0.391. The van der Waals surface area contributed by atoms with Crippen LogP contribution < -0.4 is 4.90 Å². The number of ether oxygens (including phenoxy) is 1. The third-order valence-corrected chi connectivity index (χ3v) is 5.68. The van der Waals surface area contributed by atoms with Gasteiger partial charge >= 0.3 is 6.09 Å². The fraction of sp³-hybridized carbons (Fsp3) is 0.316. The Bertz CT molecular complexity index is 817. The molecule has 1 heterocycles. The third-order valence-electron chi connectivity index (χ3n) is 3.70. The number of benzene rings is 2. The summed E-state index contributed by atoms with van der Waals surface area (Å²) >= 11 is 8.79. The van der Waals surface area contributed by atoms with E-state index in [2.05, 4.69) is 31.9 Å². The average molecular weight is 485 g/mol. The molecule has 2 aromatic carbocycles. The first-order chi connectivity index (χ1) is 11.6. The van der Waals surface area contributed by atoms with Crippen LogP contribution in [0, 0.1) is 13.8 Å². The van der Waals surface area contributed by atoms with E-state index in [0.29, 0.717) is 0 Å². The van der Waals surface area contributed by atoms with E-state index in [-0.39, 0.29) is 6.09 Å². The van der Waals surface area contributed by atoms with Gasteiger partial charge in [0.25, 0.3) is 0 Å². The first-order valence-corrected chi connectivity index (χ1v) is 10.3. The monoisotopic (exact) mass is 483 g/mol. The highest BCUT2D eigenvalue weighted by Crippen LogP contribution is 2.52. The van der Waals surface area contributed by atoms with Gasteiger partial charge in [0.05, 0.1) is 11.4 Å². The lowest BCUT2D eigenvalue weighted by Crippen LogP contribution is -2.36. The number of aryl methyl sites for hydroxylation is 2. The van der Waals surface area contributed by atoms with E-state index in [9.17, 15) is 4.79 Å².